The minimum absolute atomic E-state index is 0.130. The molecule has 0 fully saturated rings. The third-order valence-corrected chi connectivity index (χ3v) is 7.23. The first kappa shape index (κ1) is 29.3. The number of ketones is 1. The van der Waals surface area contributed by atoms with Crippen LogP contribution in [0.3, 0.4) is 0 Å². The van der Waals surface area contributed by atoms with Crippen molar-refractivity contribution in [1.29, 1.82) is 0 Å². The average molecular weight is 575 g/mol. The highest BCUT2D eigenvalue weighted by Gasteiger charge is 2.45. The number of thiazole rings is 1. The second kappa shape index (κ2) is 13.1. The van der Waals surface area contributed by atoms with E-state index in [2.05, 4.69) is 11.6 Å². The van der Waals surface area contributed by atoms with Crippen molar-refractivity contribution < 1.29 is 33.7 Å². The molecule has 1 unspecified atom stereocenters. The van der Waals surface area contributed by atoms with E-state index < -0.39 is 29.5 Å². The van der Waals surface area contributed by atoms with Crippen LogP contribution in [-0.4, -0.2) is 47.6 Å². The van der Waals surface area contributed by atoms with Gasteiger partial charge in [-0.15, -0.1) is 0 Å². The minimum atomic E-state index is -1.07. The summed E-state index contributed by atoms with van der Waals surface area (Å²) in [6.07, 6.45) is 4.52. The molecule has 0 spiro atoms. The maximum Gasteiger partial charge on any atom is 0.350 e. The first-order valence-corrected chi connectivity index (χ1v) is 13.8. The molecule has 212 valence electrons. The van der Waals surface area contributed by atoms with E-state index in [0.717, 1.165) is 16.9 Å². The van der Waals surface area contributed by atoms with Crippen LogP contribution < -0.4 is 14.4 Å². The van der Waals surface area contributed by atoms with Crippen molar-refractivity contribution >= 4 is 40.2 Å². The molecule has 1 amide bonds. The fourth-order valence-electron chi connectivity index (χ4n) is 4.30. The number of nitrogens with zero attached hydrogens (tertiary/aromatic N) is 2. The van der Waals surface area contributed by atoms with Crippen LogP contribution in [0.15, 0.2) is 78.6 Å². The summed E-state index contributed by atoms with van der Waals surface area (Å²) in [6.45, 7) is 9.56. The van der Waals surface area contributed by atoms with Gasteiger partial charge in [-0.1, -0.05) is 66.5 Å². The Balaban J connectivity index is 1.84. The Labute approximate surface area is 242 Å². The zero-order valence-electron chi connectivity index (χ0n) is 23.0. The first-order chi connectivity index (χ1) is 19.8. The molecule has 1 aromatic heterocycles. The van der Waals surface area contributed by atoms with Crippen molar-refractivity contribution in [1.82, 2.24) is 4.98 Å². The van der Waals surface area contributed by atoms with Gasteiger partial charge >= 0.3 is 5.97 Å². The topological polar surface area (TPSA) is 115 Å². The Bertz CT molecular complexity index is 1520. The minimum Gasteiger partial charge on any atom is -0.503 e. The largest absolute Gasteiger partial charge is 0.503 e. The molecule has 0 bridgehead atoms. The third kappa shape index (κ3) is 6.22. The van der Waals surface area contributed by atoms with Crippen LogP contribution in [-0.2, 0) is 14.3 Å². The first-order valence-electron chi connectivity index (χ1n) is 13.0. The number of amides is 1. The highest BCUT2D eigenvalue weighted by atomic mass is 32.1. The van der Waals surface area contributed by atoms with Crippen molar-refractivity contribution in [3.05, 3.63) is 100 Å². The van der Waals surface area contributed by atoms with Crippen LogP contribution in [0.4, 0.5) is 5.13 Å². The molecule has 0 aliphatic carbocycles. The van der Waals surface area contributed by atoms with Gasteiger partial charge in [-0.25, -0.2) is 9.78 Å². The lowest BCUT2D eigenvalue weighted by atomic mass is 9.95. The van der Waals surface area contributed by atoms with Gasteiger partial charge in [0.1, 0.15) is 11.5 Å². The van der Waals surface area contributed by atoms with E-state index in [0.29, 0.717) is 29.4 Å². The molecular formula is C31H30N2O7S. The highest BCUT2D eigenvalue weighted by Crippen LogP contribution is 2.45. The molecule has 0 saturated carbocycles. The molecule has 41 heavy (non-hydrogen) atoms. The Kier molecular flexibility index (Phi) is 9.36. The summed E-state index contributed by atoms with van der Waals surface area (Å²) >= 11 is 0.947. The van der Waals surface area contributed by atoms with E-state index in [9.17, 15) is 19.5 Å². The molecule has 1 N–H and O–H groups in total. The fraction of sp³-hybridized carbons (Fsp3) is 0.226. The lowest BCUT2D eigenvalue weighted by Crippen LogP contribution is -2.31. The van der Waals surface area contributed by atoms with Crippen molar-refractivity contribution in [2.45, 2.75) is 26.8 Å². The standard InChI is InChI=1S/C31H30N2O7S/c1-5-17-40-23-16-14-21(18-24(23)38-6-2)26-25(22(34)15-13-20-11-9-8-10-12-20)27(35)29(36)33(26)31-32-19(4)28(41-31)30(37)39-7-3/h5,8-16,18,26,35H,1,6-7,17H2,2-4H3. The number of aryl methyl sites for hydroxylation is 1. The number of hydrogen-bond acceptors (Lipinski definition) is 9. The molecule has 0 radical (unpaired) electrons. The number of carbonyl (C=O) groups is 3. The third-order valence-electron chi connectivity index (χ3n) is 6.09. The lowest BCUT2D eigenvalue weighted by molar-refractivity contribution is -0.117. The normalized spacial score (nSPS) is 15.0. The molecule has 9 nitrogen and oxygen atoms in total. The monoisotopic (exact) mass is 574 g/mol. The fourth-order valence-corrected chi connectivity index (χ4v) is 5.29. The second-order valence-electron chi connectivity index (χ2n) is 8.82. The summed E-state index contributed by atoms with van der Waals surface area (Å²) in [6, 6.07) is 13.1. The number of aliphatic hydroxyl groups excluding tert-OH is 1. The van der Waals surface area contributed by atoms with Gasteiger partial charge in [0, 0.05) is 0 Å². The summed E-state index contributed by atoms with van der Waals surface area (Å²) in [4.78, 5) is 45.5. The molecule has 1 aliphatic heterocycles. The molecule has 0 saturated heterocycles. The van der Waals surface area contributed by atoms with E-state index in [-0.39, 0.29) is 28.8 Å². The van der Waals surface area contributed by atoms with Gasteiger partial charge in [0.15, 0.2) is 28.2 Å². The number of esters is 1. The van der Waals surface area contributed by atoms with Gasteiger partial charge in [0.2, 0.25) is 0 Å². The molecule has 4 rings (SSSR count). The van der Waals surface area contributed by atoms with Crippen molar-refractivity contribution in [2.75, 3.05) is 24.7 Å². The zero-order valence-corrected chi connectivity index (χ0v) is 23.8. The molecule has 1 aliphatic rings. The van der Waals surface area contributed by atoms with Crippen molar-refractivity contribution in [3.8, 4) is 11.5 Å². The van der Waals surface area contributed by atoms with Gasteiger partial charge < -0.3 is 19.3 Å². The van der Waals surface area contributed by atoms with Gasteiger partial charge in [-0.3, -0.25) is 14.5 Å². The van der Waals surface area contributed by atoms with E-state index >= 15 is 0 Å². The van der Waals surface area contributed by atoms with Gasteiger partial charge in [0.25, 0.3) is 5.91 Å². The van der Waals surface area contributed by atoms with Crippen molar-refractivity contribution in [2.24, 2.45) is 0 Å². The summed E-state index contributed by atoms with van der Waals surface area (Å²) in [7, 11) is 0. The summed E-state index contributed by atoms with van der Waals surface area (Å²) < 4.78 is 16.6. The van der Waals surface area contributed by atoms with Gasteiger partial charge in [-0.05, 0) is 50.1 Å². The Morgan fingerprint density at radius 1 is 1.10 bits per heavy atom. The van der Waals surface area contributed by atoms with Gasteiger partial charge in [-0.2, -0.15) is 0 Å². The van der Waals surface area contributed by atoms with E-state index in [1.165, 1.54) is 11.0 Å². The second-order valence-corrected chi connectivity index (χ2v) is 9.80. The predicted octanol–water partition coefficient (Wildman–Crippen LogP) is 5.77. The summed E-state index contributed by atoms with van der Waals surface area (Å²) in [5, 5.41) is 11.2. The van der Waals surface area contributed by atoms with E-state index in [4.69, 9.17) is 14.2 Å². The number of anilines is 1. The van der Waals surface area contributed by atoms with Crippen LogP contribution in [0.5, 0.6) is 11.5 Å². The molecule has 3 aromatic rings. The van der Waals surface area contributed by atoms with E-state index in [1.807, 2.05) is 37.3 Å². The number of allylic oxidation sites excluding steroid dienone is 1. The number of hydrogen-bond donors (Lipinski definition) is 1. The summed E-state index contributed by atoms with van der Waals surface area (Å²) in [5.74, 6) is -1.81. The number of aromatic nitrogens is 1. The number of benzene rings is 2. The van der Waals surface area contributed by atoms with E-state index in [1.54, 1.807) is 44.2 Å². The molecule has 2 aromatic carbocycles. The number of ether oxygens (including phenoxy) is 3. The van der Waals surface area contributed by atoms with Crippen LogP contribution in [0.2, 0.25) is 0 Å². The van der Waals surface area contributed by atoms with Crippen LogP contribution in [0, 0.1) is 6.92 Å². The summed E-state index contributed by atoms with van der Waals surface area (Å²) in [5.41, 5.74) is 1.48. The number of rotatable bonds is 12. The smallest absolute Gasteiger partial charge is 0.350 e. The van der Waals surface area contributed by atoms with Crippen molar-refractivity contribution in [3.63, 3.8) is 0 Å². The Hall–Kier alpha value is -4.70. The molecule has 2 heterocycles. The van der Waals surface area contributed by atoms with Crippen LogP contribution >= 0.6 is 11.3 Å². The lowest BCUT2D eigenvalue weighted by Gasteiger charge is -2.25. The Morgan fingerprint density at radius 2 is 1.85 bits per heavy atom. The molecule has 10 heteroatoms. The number of carbonyl (C=O) groups excluding carboxylic acids is 3. The van der Waals surface area contributed by atoms with Crippen LogP contribution in [0.1, 0.15) is 46.4 Å². The Morgan fingerprint density at radius 3 is 2.54 bits per heavy atom. The average Bonchev–Trinajstić information content (AvgIpc) is 3.48. The molecule has 1 atom stereocenters. The van der Waals surface area contributed by atoms with Gasteiger partial charge in [0.05, 0.1) is 30.5 Å². The maximum atomic E-state index is 13.6. The number of aliphatic hydroxyl groups is 1. The quantitative estimate of drug-likeness (QED) is 0.165. The SMILES string of the molecule is C=CCOc1ccc(C2C(C(=O)C=Cc3ccccc3)=C(O)C(=O)N2c2nc(C)c(C(=O)OCC)s2)cc1OCC. The zero-order chi connectivity index (χ0) is 29.5. The predicted molar refractivity (Wildman–Crippen MR) is 156 cm³/mol. The van der Waals surface area contributed by atoms with Crippen LogP contribution in [0.25, 0.3) is 6.08 Å². The maximum absolute atomic E-state index is 13.6. The highest BCUT2D eigenvalue weighted by molar-refractivity contribution is 7.17. The molecular weight excluding hydrogens is 544 g/mol.